The zero-order valence-electron chi connectivity index (χ0n) is 82.9. The van der Waals surface area contributed by atoms with Crippen molar-refractivity contribution in [1.82, 2.24) is 42.5 Å². The van der Waals surface area contributed by atoms with Crippen LogP contribution in [-0.2, 0) is 112 Å². The van der Waals surface area contributed by atoms with Crippen molar-refractivity contribution in [3.8, 4) is 0 Å². The number of aliphatic hydroxyl groups excluding tert-OH is 1. The monoisotopic (exact) mass is 1830 g/mol. The molecule has 0 aliphatic heterocycles. The van der Waals surface area contributed by atoms with Crippen molar-refractivity contribution in [3.63, 3.8) is 0 Å². The van der Waals surface area contributed by atoms with Gasteiger partial charge in [-0.2, -0.15) is 0 Å². The molecule has 0 aliphatic carbocycles. The molecule has 1 rings (SSSR count). The highest BCUT2D eigenvalue weighted by atomic mass is 16.6. The number of esters is 9. The summed E-state index contributed by atoms with van der Waals surface area (Å²) < 4.78 is 49.1. The summed E-state index contributed by atoms with van der Waals surface area (Å²) in [5, 5.41) is 29.3. The maximum Gasteiger partial charge on any atom is 0.329 e. The first-order valence-electron chi connectivity index (χ1n) is 46.1. The van der Waals surface area contributed by atoms with Crippen LogP contribution in [0.25, 0.3) is 0 Å². The van der Waals surface area contributed by atoms with Gasteiger partial charge in [0, 0.05) is 64.6 Å². The molecule has 0 aliphatic rings. The molecule has 34 nitrogen and oxygen atoms in total. The molecule has 742 valence electrons. The van der Waals surface area contributed by atoms with E-state index in [1.807, 2.05) is 30.3 Å². The van der Waals surface area contributed by atoms with Crippen LogP contribution in [-0.4, -0.2) is 202 Å². The fourth-order valence-electron chi connectivity index (χ4n) is 11.8. The number of urea groups is 2. The lowest BCUT2D eigenvalue weighted by Gasteiger charge is -2.27. The summed E-state index contributed by atoms with van der Waals surface area (Å²) in [4.78, 5) is 192. The van der Waals surface area contributed by atoms with Crippen molar-refractivity contribution >= 4 is 89.4 Å². The Kier molecular flexibility index (Phi) is 59.5. The van der Waals surface area contributed by atoms with Crippen LogP contribution in [0, 0.1) is 0 Å². The van der Waals surface area contributed by atoms with Crippen LogP contribution in [0.1, 0.15) is 371 Å². The van der Waals surface area contributed by atoms with Crippen molar-refractivity contribution in [1.29, 1.82) is 0 Å². The molecular weight excluding hydrogens is 1670 g/mol. The van der Waals surface area contributed by atoms with E-state index in [1.165, 1.54) is 0 Å². The number of hydrogen-bond acceptors (Lipinski definition) is 26. The fourth-order valence-corrected chi connectivity index (χ4v) is 11.8. The van der Waals surface area contributed by atoms with Crippen molar-refractivity contribution < 1.29 is 120 Å². The highest BCUT2D eigenvalue weighted by Crippen LogP contribution is 2.22. The molecule has 0 fully saturated rings. The van der Waals surface area contributed by atoms with Crippen LogP contribution in [0.4, 0.5) is 9.59 Å². The Bertz CT molecular complexity index is 3520. The number of nitrogens with two attached hydrogens (primary N) is 1. The highest BCUT2D eigenvalue weighted by Gasteiger charge is 2.36. The van der Waals surface area contributed by atoms with Crippen molar-refractivity contribution in [2.24, 2.45) is 5.73 Å². The Hall–Kier alpha value is -9.21. The number of hydrogen-bond donors (Lipinski definition) is 10. The van der Waals surface area contributed by atoms with Gasteiger partial charge in [0.15, 0.2) is 0 Å². The van der Waals surface area contributed by atoms with E-state index >= 15 is 0 Å². The Labute approximate surface area is 769 Å². The van der Waals surface area contributed by atoms with Crippen LogP contribution < -0.4 is 48.3 Å². The molecule has 1 aromatic carbocycles. The minimum Gasteiger partial charge on any atom is -0.461 e. The normalized spacial score (nSPS) is 13.2. The van der Waals surface area contributed by atoms with Gasteiger partial charge in [0.05, 0.1) is 0 Å². The Morgan fingerprint density at radius 3 is 0.806 bits per heavy atom. The van der Waals surface area contributed by atoms with Gasteiger partial charge >= 0.3 is 65.8 Å². The summed E-state index contributed by atoms with van der Waals surface area (Å²) in [5.74, 6) is -5.84. The summed E-state index contributed by atoms with van der Waals surface area (Å²) in [7, 11) is 0. The number of nitrogens with one attached hydrogen (secondary N) is 8. The Morgan fingerprint density at radius 2 is 0.527 bits per heavy atom. The lowest BCUT2D eigenvalue weighted by Crippen LogP contribution is -2.53. The van der Waals surface area contributed by atoms with Crippen LogP contribution in [0.15, 0.2) is 30.3 Å². The zero-order chi connectivity index (χ0) is 99.0. The third-order valence-corrected chi connectivity index (χ3v) is 17.3. The number of benzene rings is 1. The van der Waals surface area contributed by atoms with Crippen molar-refractivity contribution in [3.05, 3.63) is 35.9 Å². The summed E-state index contributed by atoms with van der Waals surface area (Å²) in [6.07, 6.45) is 12.8. The predicted octanol–water partition coefficient (Wildman–Crippen LogP) is 13.4. The van der Waals surface area contributed by atoms with Gasteiger partial charge in [-0.3, -0.25) is 33.6 Å². The quantitative estimate of drug-likeness (QED) is 0.0164. The van der Waals surface area contributed by atoms with E-state index in [1.54, 1.807) is 173 Å². The largest absolute Gasteiger partial charge is 0.461 e. The Balaban J connectivity index is 0. The van der Waals surface area contributed by atoms with E-state index in [0.717, 1.165) is 31.2 Å². The zero-order valence-corrected chi connectivity index (χ0v) is 82.9. The molecule has 0 aromatic heterocycles. The van der Waals surface area contributed by atoms with Gasteiger partial charge in [-0.15, -0.1) is 0 Å². The van der Waals surface area contributed by atoms with Crippen LogP contribution in [0.5, 0.6) is 0 Å². The summed E-state index contributed by atoms with van der Waals surface area (Å²) >= 11 is 0. The smallest absolute Gasteiger partial charge is 0.329 e. The second-order valence-corrected chi connectivity index (χ2v) is 40.0. The third kappa shape index (κ3) is 73.2. The van der Waals surface area contributed by atoms with Gasteiger partial charge in [0.25, 0.3) is 0 Å². The number of aliphatic hydroxyl groups is 1. The molecule has 0 saturated heterocycles. The van der Waals surface area contributed by atoms with E-state index in [9.17, 15) is 71.9 Å². The first kappa shape index (κ1) is 122. The maximum absolute atomic E-state index is 13.2. The molecule has 0 heterocycles. The standard InChI is InChI=1S/C51H84N4O13.C42H77N5O11.C2H6O/c1-48(2,3)65-43(59)33-32-39(46(62)68-51(10,11)12)55-47(63)54-38(45(61)67-50(7,8)9)28-23-24-34-52-40(56)29-20-13-14-21-30-41(57)53-37(44(60)66-49(4,5)6)27-19-16-22-31-42(58)64-35-36-25-17-15-18-26-36;1-39(2,3)55-34(50)26-25-31(37(53)58-42(10,11)12)47-38(54)46-30(36(52)57-41(7,8)9)22-18-20-28-44-32(48)23-15-13-14-16-24-33(49)45-29(21-17-19-27-43)35(51)56-40(4,5)6;1-2-3/h15,17-18,25-26,37-39H,13-14,16,19-24,27-35H2,1-12H3,(H,52,56)(H,53,57)(H2,54,55,63);29-31H,13-28,43H2,1-12H3,(H,44,48)(H,45,49)(H2,46,47,54);3H,2H2,1H3/t37?,38-,39-;29?,30-,31-;/m00./s1. The first-order valence-corrected chi connectivity index (χ1v) is 46.1. The number of carbonyl (C=O) groups is 15. The second-order valence-electron chi connectivity index (χ2n) is 40.0. The molecule has 0 saturated carbocycles. The minimum atomic E-state index is -1.20. The molecule has 1 aromatic rings. The molecule has 6 atom stereocenters. The average Bonchev–Trinajstić information content (AvgIpc) is 0.870. The van der Waals surface area contributed by atoms with E-state index in [-0.39, 0.29) is 101 Å². The lowest BCUT2D eigenvalue weighted by atomic mass is 10.1. The fraction of sp³-hybridized carbons (Fsp3) is 0.779. The van der Waals surface area contributed by atoms with Crippen LogP contribution in [0.2, 0.25) is 0 Å². The maximum atomic E-state index is 13.2. The first-order chi connectivity index (χ1) is 59.5. The molecule has 0 radical (unpaired) electrons. The number of unbranched alkanes of at least 4 members (excludes halogenated alkanes) is 11. The van der Waals surface area contributed by atoms with Gasteiger partial charge in [-0.05, 0) is 294 Å². The van der Waals surface area contributed by atoms with Crippen LogP contribution >= 0.6 is 0 Å². The second kappa shape index (κ2) is 63.0. The van der Waals surface area contributed by atoms with Gasteiger partial charge < -0.3 is 96.0 Å². The van der Waals surface area contributed by atoms with Gasteiger partial charge in [0.1, 0.15) is 87.7 Å². The molecule has 129 heavy (non-hydrogen) atoms. The van der Waals surface area contributed by atoms with E-state index in [4.69, 9.17) is 53.5 Å². The molecular formula is C95H167N9O25. The molecule has 34 heteroatoms. The number of rotatable bonds is 54. The molecule has 8 amide bonds. The average molecular weight is 1840 g/mol. The molecule has 2 unspecified atom stereocenters. The van der Waals surface area contributed by atoms with Gasteiger partial charge in [-0.25, -0.2) is 38.4 Å². The molecule has 0 bridgehead atoms. The third-order valence-electron chi connectivity index (χ3n) is 17.3. The van der Waals surface area contributed by atoms with Gasteiger partial charge in [0.2, 0.25) is 23.6 Å². The minimum absolute atomic E-state index is 0.0841. The summed E-state index contributed by atoms with van der Waals surface area (Å²) in [6.45, 7) is 44.7. The molecule has 11 N–H and O–H groups in total. The number of carbonyl (C=O) groups excluding carboxylic acids is 15. The topological polar surface area (TPSA) is 482 Å². The number of ether oxygens (including phenoxy) is 9. The predicted molar refractivity (Wildman–Crippen MR) is 492 cm³/mol. The van der Waals surface area contributed by atoms with Crippen molar-refractivity contribution in [2.75, 3.05) is 26.2 Å². The number of amides is 8. The highest BCUT2D eigenvalue weighted by molar-refractivity contribution is 5.90. The Morgan fingerprint density at radius 1 is 0.287 bits per heavy atom. The van der Waals surface area contributed by atoms with E-state index in [0.29, 0.717) is 129 Å². The van der Waals surface area contributed by atoms with E-state index < -0.39 is 141 Å². The summed E-state index contributed by atoms with van der Waals surface area (Å²) in [6, 6.07) is 1.78. The van der Waals surface area contributed by atoms with Crippen LogP contribution in [0.3, 0.4) is 0 Å². The molecule has 0 spiro atoms. The van der Waals surface area contributed by atoms with Crippen molar-refractivity contribution in [2.45, 2.75) is 453 Å². The SMILES string of the molecule is CC(C)(C)OC(=O)CC[C@H](NC(=O)N[C@@H](CCCCNC(=O)CCCCCCC(=O)NC(CCCCCC(=O)OCc1ccccc1)C(=O)OC(C)(C)C)C(=O)OC(C)(C)C)C(=O)OC(C)(C)C.CC(C)(C)OC(=O)CC[C@H](NC(=O)N[C@@H](CCCCNC(=O)CCCCCCC(=O)NC(CCCCN)C(=O)OC(C)(C)C)C(=O)OC(C)(C)C)C(=O)OC(C)(C)C.CCO. The summed E-state index contributed by atoms with van der Waals surface area (Å²) in [5.41, 5.74) is 0.286. The van der Waals surface area contributed by atoms with E-state index in [2.05, 4.69) is 42.5 Å². The lowest BCUT2D eigenvalue weighted by molar-refractivity contribution is -0.160. The van der Waals surface area contributed by atoms with Gasteiger partial charge in [-0.1, -0.05) is 68.9 Å².